The maximum Gasteiger partial charge on any atom is 0.352 e. The molecule has 0 aliphatic carbocycles. The number of carboxylic acids is 1. The van der Waals surface area contributed by atoms with E-state index in [0.717, 1.165) is 38.3 Å². The zero-order chi connectivity index (χ0) is 19.0. The van der Waals surface area contributed by atoms with Gasteiger partial charge in [0, 0.05) is 41.7 Å². The number of hydrogen-bond acceptors (Lipinski definition) is 4. The largest absolute Gasteiger partial charge is 0.477 e. The maximum absolute atomic E-state index is 11.1. The molecule has 0 aliphatic rings. The smallest absolute Gasteiger partial charge is 0.352 e. The highest BCUT2D eigenvalue weighted by Crippen LogP contribution is 2.23. The molecule has 8 heteroatoms. The Hall–Kier alpha value is -3.13. The monoisotopic (exact) mass is 425 g/mol. The zero-order valence-electron chi connectivity index (χ0n) is 14.4. The number of carboxylic acid groups (broad SMARTS) is 1. The van der Waals surface area contributed by atoms with Crippen molar-refractivity contribution in [3.05, 3.63) is 64.5 Å². The van der Waals surface area contributed by atoms with Crippen molar-refractivity contribution in [1.82, 2.24) is 19.5 Å². The van der Waals surface area contributed by atoms with E-state index in [1.165, 1.54) is 0 Å². The summed E-state index contributed by atoms with van der Waals surface area (Å²) in [5.41, 5.74) is 4.63. The van der Waals surface area contributed by atoms with Gasteiger partial charge in [0.1, 0.15) is 17.0 Å². The van der Waals surface area contributed by atoms with Crippen molar-refractivity contribution in [2.24, 2.45) is 7.05 Å². The molecule has 0 fully saturated rings. The van der Waals surface area contributed by atoms with Crippen LogP contribution < -0.4 is 5.32 Å². The summed E-state index contributed by atoms with van der Waals surface area (Å²) >= 11 is 3.40. The van der Waals surface area contributed by atoms with E-state index in [1.54, 1.807) is 23.9 Å². The molecule has 0 atom stereocenters. The van der Waals surface area contributed by atoms with Gasteiger partial charge in [0.05, 0.1) is 0 Å². The van der Waals surface area contributed by atoms with Crippen molar-refractivity contribution >= 4 is 38.8 Å². The average Bonchev–Trinajstić information content (AvgIpc) is 3.23. The van der Waals surface area contributed by atoms with Crippen molar-refractivity contribution in [3.63, 3.8) is 0 Å². The van der Waals surface area contributed by atoms with E-state index in [0.29, 0.717) is 6.54 Å². The minimum atomic E-state index is -0.930. The molecule has 0 amide bonds. The third kappa shape index (κ3) is 3.56. The summed E-state index contributed by atoms with van der Waals surface area (Å²) < 4.78 is 2.50. The van der Waals surface area contributed by atoms with Crippen molar-refractivity contribution < 1.29 is 9.90 Å². The number of aromatic amines is 1. The standard InChI is InChI=1S/C19H16BrN5O2/c1-25-10-11(6-16(25)19(26)27)8-21-14-4-2-12(3-5-14)17-23-15-7-13(20)9-22-18(15)24-17/h2-7,9-10,21H,8H2,1H3,(H,26,27)(H,22,23,24). The van der Waals surface area contributed by atoms with E-state index in [4.69, 9.17) is 5.11 Å². The minimum Gasteiger partial charge on any atom is -0.477 e. The van der Waals surface area contributed by atoms with Crippen LogP contribution in [0.3, 0.4) is 0 Å². The summed E-state index contributed by atoms with van der Waals surface area (Å²) in [4.78, 5) is 23.2. The van der Waals surface area contributed by atoms with Gasteiger partial charge in [-0.05, 0) is 57.9 Å². The summed E-state index contributed by atoms with van der Waals surface area (Å²) in [6.07, 6.45) is 3.54. The molecule has 4 rings (SSSR count). The topological polar surface area (TPSA) is 95.8 Å². The first kappa shape index (κ1) is 17.3. The fourth-order valence-electron chi connectivity index (χ4n) is 2.90. The summed E-state index contributed by atoms with van der Waals surface area (Å²) in [5.74, 6) is -0.170. The Morgan fingerprint density at radius 3 is 2.78 bits per heavy atom. The lowest BCUT2D eigenvalue weighted by atomic mass is 10.2. The predicted octanol–water partition coefficient (Wildman–Crippen LogP) is 4.04. The van der Waals surface area contributed by atoms with E-state index in [-0.39, 0.29) is 5.69 Å². The van der Waals surface area contributed by atoms with Gasteiger partial charge < -0.3 is 20.0 Å². The number of hydrogen-bond donors (Lipinski definition) is 3. The normalized spacial score (nSPS) is 11.0. The molecular weight excluding hydrogens is 410 g/mol. The van der Waals surface area contributed by atoms with Gasteiger partial charge in [-0.15, -0.1) is 0 Å². The highest BCUT2D eigenvalue weighted by molar-refractivity contribution is 9.10. The Labute approximate surface area is 163 Å². The number of aryl methyl sites for hydroxylation is 1. The number of aromatic carboxylic acids is 1. The van der Waals surface area contributed by atoms with Crippen molar-refractivity contribution in [2.45, 2.75) is 6.54 Å². The lowest BCUT2D eigenvalue weighted by Gasteiger charge is -2.05. The molecule has 0 saturated carbocycles. The lowest BCUT2D eigenvalue weighted by Crippen LogP contribution is -2.02. The molecular formula is C19H16BrN5O2. The van der Waals surface area contributed by atoms with Crippen LogP contribution in [0.25, 0.3) is 22.6 Å². The Morgan fingerprint density at radius 2 is 2.07 bits per heavy atom. The zero-order valence-corrected chi connectivity index (χ0v) is 16.0. The number of nitrogens with one attached hydrogen (secondary N) is 2. The number of nitrogens with zero attached hydrogens (tertiary/aromatic N) is 3. The molecule has 4 aromatic rings. The summed E-state index contributed by atoms with van der Waals surface area (Å²) in [6.45, 7) is 0.545. The molecule has 0 spiro atoms. The molecule has 0 aliphatic heterocycles. The van der Waals surface area contributed by atoms with Crippen LogP contribution in [0.2, 0.25) is 0 Å². The second kappa shape index (κ2) is 6.88. The molecule has 3 aromatic heterocycles. The summed E-state index contributed by atoms with van der Waals surface area (Å²) in [7, 11) is 1.72. The Balaban J connectivity index is 1.48. The predicted molar refractivity (Wildman–Crippen MR) is 107 cm³/mol. The summed E-state index contributed by atoms with van der Waals surface area (Å²) in [6, 6.07) is 11.5. The second-order valence-corrected chi connectivity index (χ2v) is 7.10. The Bertz CT molecular complexity index is 1130. The van der Waals surface area contributed by atoms with Crippen LogP contribution in [0.4, 0.5) is 5.69 Å². The van der Waals surface area contributed by atoms with E-state index >= 15 is 0 Å². The first-order valence-electron chi connectivity index (χ1n) is 8.24. The number of aromatic nitrogens is 4. The molecule has 0 saturated heterocycles. The molecule has 0 unspecified atom stereocenters. The number of fused-ring (bicyclic) bond motifs is 1. The second-order valence-electron chi connectivity index (χ2n) is 6.19. The van der Waals surface area contributed by atoms with Crippen molar-refractivity contribution in [1.29, 1.82) is 0 Å². The lowest BCUT2D eigenvalue weighted by molar-refractivity contribution is 0.0686. The number of H-pyrrole nitrogens is 1. The maximum atomic E-state index is 11.1. The fourth-order valence-corrected chi connectivity index (χ4v) is 3.22. The summed E-state index contributed by atoms with van der Waals surface area (Å²) in [5, 5.41) is 12.4. The number of benzene rings is 1. The Morgan fingerprint density at radius 1 is 1.30 bits per heavy atom. The van der Waals surface area contributed by atoms with Gasteiger partial charge in [0.15, 0.2) is 5.65 Å². The van der Waals surface area contributed by atoms with Gasteiger partial charge in [-0.1, -0.05) is 0 Å². The molecule has 1 aromatic carbocycles. The highest BCUT2D eigenvalue weighted by atomic mass is 79.9. The van der Waals surface area contributed by atoms with Gasteiger partial charge in [0.2, 0.25) is 0 Å². The Kier molecular flexibility index (Phi) is 4.41. The number of rotatable bonds is 5. The van der Waals surface area contributed by atoms with E-state index in [2.05, 4.69) is 36.2 Å². The number of imidazole rings is 1. The SMILES string of the molecule is Cn1cc(CNc2ccc(-c3nc4cc(Br)cnc4[nH]3)cc2)cc1C(=O)O. The molecule has 3 N–H and O–H groups in total. The molecule has 3 heterocycles. The van der Waals surface area contributed by atoms with Gasteiger partial charge in [0.25, 0.3) is 0 Å². The molecule has 0 radical (unpaired) electrons. The number of anilines is 1. The number of pyridine rings is 1. The van der Waals surface area contributed by atoms with Crippen molar-refractivity contribution in [2.75, 3.05) is 5.32 Å². The van der Waals surface area contributed by atoms with Gasteiger partial charge in [-0.2, -0.15) is 0 Å². The van der Waals surface area contributed by atoms with Gasteiger partial charge in [-0.3, -0.25) is 0 Å². The van der Waals surface area contributed by atoms with Crippen LogP contribution >= 0.6 is 15.9 Å². The van der Waals surface area contributed by atoms with Crippen LogP contribution in [0.15, 0.2) is 53.3 Å². The first-order chi connectivity index (χ1) is 13.0. The third-order valence-corrected chi connectivity index (χ3v) is 4.67. The quantitative estimate of drug-likeness (QED) is 0.448. The third-order valence-electron chi connectivity index (χ3n) is 4.24. The molecule has 0 bridgehead atoms. The minimum absolute atomic E-state index is 0.271. The van der Waals surface area contributed by atoms with E-state index in [9.17, 15) is 4.79 Å². The molecule has 136 valence electrons. The highest BCUT2D eigenvalue weighted by Gasteiger charge is 2.10. The number of halogens is 1. The van der Waals surface area contributed by atoms with E-state index in [1.807, 2.05) is 36.5 Å². The van der Waals surface area contributed by atoms with E-state index < -0.39 is 5.97 Å². The van der Waals surface area contributed by atoms with Crippen LogP contribution in [-0.2, 0) is 13.6 Å². The number of carbonyl (C=O) groups is 1. The van der Waals surface area contributed by atoms with Crippen LogP contribution in [-0.4, -0.2) is 30.6 Å². The molecule has 7 nitrogen and oxygen atoms in total. The molecule has 27 heavy (non-hydrogen) atoms. The van der Waals surface area contributed by atoms with Crippen LogP contribution in [0.1, 0.15) is 16.1 Å². The van der Waals surface area contributed by atoms with Gasteiger partial charge >= 0.3 is 5.97 Å². The van der Waals surface area contributed by atoms with Crippen LogP contribution in [0, 0.1) is 0 Å². The van der Waals surface area contributed by atoms with Crippen LogP contribution in [0.5, 0.6) is 0 Å². The fraction of sp³-hybridized carbons (Fsp3) is 0.105. The average molecular weight is 426 g/mol. The van der Waals surface area contributed by atoms with Gasteiger partial charge in [-0.25, -0.2) is 14.8 Å². The van der Waals surface area contributed by atoms with Crippen molar-refractivity contribution in [3.8, 4) is 11.4 Å². The first-order valence-corrected chi connectivity index (χ1v) is 9.03.